The van der Waals surface area contributed by atoms with Crippen molar-refractivity contribution in [3.05, 3.63) is 29.8 Å². The van der Waals surface area contributed by atoms with Gasteiger partial charge in [0.2, 0.25) is 0 Å². The third-order valence-electron chi connectivity index (χ3n) is 4.11. The second kappa shape index (κ2) is 5.50. The molecule has 2 atom stereocenters. The quantitative estimate of drug-likeness (QED) is 0.827. The summed E-state index contributed by atoms with van der Waals surface area (Å²) < 4.78 is 5.15. The molecule has 1 saturated carbocycles. The zero-order valence-corrected chi connectivity index (χ0v) is 12.1. The second-order valence-corrected chi connectivity index (χ2v) is 6.16. The van der Waals surface area contributed by atoms with Crippen LogP contribution in [0.15, 0.2) is 24.3 Å². The summed E-state index contributed by atoms with van der Waals surface area (Å²) in [6.07, 6.45) is 2.13. The van der Waals surface area contributed by atoms with Crippen LogP contribution >= 0.6 is 11.6 Å². The molecule has 0 heterocycles. The Morgan fingerprint density at radius 2 is 2.00 bits per heavy atom. The topological polar surface area (TPSA) is 21.3 Å². The second-order valence-electron chi connectivity index (χ2n) is 5.63. The van der Waals surface area contributed by atoms with E-state index in [1.165, 1.54) is 5.56 Å². The summed E-state index contributed by atoms with van der Waals surface area (Å²) in [7, 11) is 1.69. The van der Waals surface area contributed by atoms with E-state index in [0.29, 0.717) is 11.4 Å². The highest BCUT2D eigenvalue weighted by molar-refractivity contribution is 6.21. The highest BCUT2D eigenvalue weighted by atomic mass is 35.5. The Bertz CT molecular complexity index is 388. The number of rotatable bonds is 5. The van der Waals surface area contributed by atoms with Crippen LogP contribution in [0.4, 0.5) is 0 Å². The molecule has 0 saturated heterocycles. The maximum Gasteiger partial charge on any atom is 0.118 e. The Balaban J connectivity index is 1.75. The molecule has 0 amide bonds. The van der Waals surface area contributed by atoms with Gasteiger partial charge in [-0.05, 0) is 42.5 Å². The van der Waals surface area contributed by atoms with Gasteiger partial charge in [0.15, 0.2) is 0 Å². The number of methoxy groups -OCH3 is 1. The summed E-state index contributed by atoms with van der Waals surface area (Å²) in [6.45, 7) is 5.47. The van der Waals surface area contributed by atoms with Gasteiger partial charge >= 0.3 is 0 Å². The minimum absolute atomic E-state index is 0.224. The van der Waals surface area contributed by atoms with Crippen molar-refractivity contribution < 1.29 is 4.74 Å². The van der Waals surface area contributed by atoms with Gasteiger partial charge in [0, 0.05) is 11.4 Å². The van der Waals surface area contributed by atoms with Crippen LogP contribution in [0, 0.1) is 5.41 Å². The van der Waals surface area contributed by atoms with E-state index in [1.807, 2.05) is 12.1 Å². The molecular formula is C15H22ClNO. The fourth-order valence-corrected chi connectivity index (χ4v) is 2.73. The maximum absolute atomic E-state index is 6.21. The zero-order valence-electron chi connectivity index (χ0n) is 11.4. The maximum atomic E-state index is 6.21. The molecule has 2 rings (SSSR count). The van der Waals surface area contributed by atoms with Crippen molar-refractivity contribution in [3.8, 4) is 5.75 Å². The van der Waals surface area contributed by atoms with E-state index >= 15 is 0 Å². The smallest absolute Gasteiger partial charge is 0.118 e. The molecule has 1 N–H and O–H groups in total. The number of hydrogen-bond acceptors (Lipinski definition) is 2. The van der Waals surface area contributed by atoms with Gasteiger partial charge in [-0.25, -0.2) is 0 Å². The van der Waals surface area contributed by atoms with E-state index in [0.717, 1.165) is 25.1 Å². The highest BCUT2D eigenvalue weighted by Crippen LogP contribution is 2.44. The molecule has 0 aliphatic heterocycles. The number of ether oxygens (including phenoxy) is 1. The first-order chi connectivity index (χ1) is 8.54. The van der Waals surface area contributed by atoms with Gasteiger partial charge in [-0.2, -0.15) is 0 Å². The summed E-state index contributed by atoms with van der Waals surface area (Å²) >= 11 is 6.21. The molecule has 1 aromatic rings. The first-order valence-corrected chi connectivity index (χ1v) is 6.98. The summed E-state index contributed by atoms with van der Waals surface area (Å²) in [5, 5.41) is 3.92. The Hall–Kier alpha value is -0.730. The van der Waals surface area contributed by atoms with Crippen LogP contribution in [0.2, 0.25) is 0 Å². The predicted octanol–water partition coefficient (Wildman–Crippen LogP) is 3.23. The van der Waals surface area contributed by atoms with Crippen LogP contribution in [0.5, 0.6) is 5.75 Å². The minimum atomic E-state index is 0.224. The van der Waals surface area contributed by atoms with Crippen molar-refractivity contribution >= 4 is 11.6 Å². The van der Waals surface area contributed by atoms with E-state index in [1.54, 1.807) is 7.11 Å². The zero-order chi connectivity index (χ0) is 13.2. The summed E-state index contributed by atoms with van der Waals surface area (Å²) in [4.78, 5) is 0. The number of nitrogens with one attached hydrogen (secondary N) is 1. The first kappa shape index (κ1) is 13.7. The molecule has 0 spiro atoms. The Morgan fingerprint density at radius 1 is 1.33 bits per heavy atom. The van der Waals surface area contributed by atoms with Crippen molar-refractivity contribution in [1.29, 1.82) is 0 Å². The van der Waals surface area contributed by atoms with Crippen molar-refractivity contribution in [1.82, 2.24) is 5.32 Å². The van der Waals surface area contributed by atoms with Gasteiger partial charge in [0.25, 0.3) is 0 Å². The molecule has 1 aliphatic carbocycles. The molecule has 1 aliphatic rings. The summed E-state index contributed by atoms with van der Waals surface area (Å²) in [5.74, 6) is 0.914. The SMILES string of the molecule is COc1ccc(CCNC2CC(Cl)C2(C)C)cc1. The van der Waals surface area contributed by atoms with Gasteiger partial charge in [-0.1, -0.05) is 26.0 Å². The molecule has 2 unspecified atom stereocenters. The predicted molar refractivity (Wildman–Crippen MR) is 76.5 cm³/mol. The summed E-state index contributed by atoms with van der Waals surface area (Å²) in [6, 6.07) is 8.82. The number of benzene rings is 1. The molecule has 0 aromatic heterocycles. The standard InChI is InChI=1S/C15H22ClNO/c1-15(2)13(16)10-14(15)17-9-8-11-4-6-12(18-3)7-5-11/h4-7,13-14,17H,8-10H2,1-3H3. The third-order valence-corrected chi connectivity index (χ3v) is 4.85. The van der Waals surface area contributed by atoms with Gasteiger partial charge in [-0.3, -0.25) is 0 Å². The van der Waals surface area contributed by atoms with Crippen LogP contribution in [0.1, 0.15) is 25.8 Å². The van der Waals surface area contributed by atoms with Crippen LogP contribution in [-0.2, 0) is 6.42 Å². The van der Waals surface area contributed by atoms with E-state index in [-0.39, 0.29) is 5.41 Å². The van der Waals surface area contributed by atoms with Crippen LogP contribution in [0.25, 0.3) is 0 Å². The lowest BCUT2D eigenvalue weighted by atomic mass is 9.67. The largest absolute Gasteiger partial charge is 0.497 e. The molecule has 1 fully saturated rings. The molecule has 100 valence electrons. The van der Waals surface area contributed by atoms with Gasteiger partial charge in [-0.15, -0.1) is 11.6 Å². The normalized spacial score (nSPS) is 25.6. The summed E-state index contributed by atoms with van der Waals surface area (Å²) in [5.41, 5.74) is 1.56. The van der Waals surface area contributed by atoms with E-state index in [9.17, 15) is 0 Å². The van der Waals surface area contributed by atoms with E-state index in [4.69, 9.17) is 16.3 Å². The lowest BCUT2D eigenvalue weighted by molar-refractivity contribution is 0.118. The molecule has 18 heavy (non-hydrogen) atoms. The fraction of sp³-hybridized carbons (Fsp3) is 0.600. The molecule has 3 heteroatoms. The highest BCUT2D eigenvalue weighted by Gasteiger charge is 2.46. The average molecular weight is 268 g/mol. The lowest BCUT2D eigenvalue weighted by Crippen LogP contribution is -2.58. The van der Waals surface area contributed by atoms with Crippen molar-refractivity contribution in [2.45, 2.75) is 38.1 Å². The number of halogens is 1. The van der Waals surface area contributed by atoms with Crippen LogP contribution < -0.4 is 10.1 Å². The Morgan fingerprint density at radius 3 is 2.50 bits per heavy atom. The van der Waals surface area contributed by atoms with Crippen molar-refractivity contribution in [3.63, 3.8) is 0 Å². The van der Waals surface area contributed by atoms with Gasteiger partial charge in [0.05, 0.1) is 7.11 Å². The van der Waals surface area contributed by atoms with E-state index < -0.39 is 0 Å². The van der Waals surface area contributed by atoms with Crippen molar-refractivity contribution in [2.75, 3.05) is 13.7 Å². The van der Waals surface area contributed by atoms with E-state index in [2.05, 4.69) is 31.3 Å². The van der Waals surface area contributed by atoms with Gasteiger partial charge in [0.1, 0.15) is 5.75 Å². The molecule has 2 nitrogen and oxygen atoms in total. The monoisotopic (exact) mass is 267 g/mol. The Kier molecular flexibility index (Phi) is 4.18. The first-order valence-electron chi connectivity index (χ1n) is 6.54. The molecule has 0 bridgehead atoms. The number of alkyl halides is 1. The van der Waals surface area contributed by atoms with Crippen LogP contribution in [0.3, 0.4) is 0 Å². The molecule has 0 radical (unpaired) electrons. The fourth-order valence-electron chi connectivity index (χ4n) is 2.40. The molecular weight excluding hydrogens is 246 g/mol. The van der Waals surface area contributed by atoms with Crippen molar-refractivity contribution in [2.24, 2.45) is 5.41 Å². The average Bonchev–Trinajstić information content (AvgIpc) is 2.38. The van der Waals surface area contributed by atoms with Gasteiger partial charge < -0.3 is 10.1 Å². The number of hydrogen-bond donors (Lipinski definition) is 1. The third kappa shape index (κ3) is 2.81. The van der Waals surface area contributed by atoms with Crippen LogP contribution in [-0.4, -0.2) is 25.1 Å². The Labute approximate surface area is 115 Å². The minimum Gasteiger partial charge on any atom is -0.497 e. The molecule has 1 aromatic carbocycles. The lowest BCUT2D eigenvalue weighted by Gasteiger charge is -2.49.